The van der Waals surface area contributed by atoms with Gasteiger partial charge in [-0.15, -0.1) is 0 Å². The molecule has 120 valence electrons. The molecule has 0 aliphatic heterocycles. The lowest BCUT2D eigenvalue weighted by Gasteiger charge is -2.38. The fraction of sp³-hybridized carbons (Fsp3) is 0.474. The Morgan fingerprint density at radius 1 is 1.05 bits per heavy atom. The lowest BCUT2D eigenvalue weighted by molar-refractivity contribution is 0.199. The summed E-state index contributed by atoms with van der Waals surface area (Å²) in [5.41, 5.74) is 1.28. The lowest BCUT2D eigenvalue weighted by atomic mass is 10.0. The molecule has 0 saturated carbocycles. The Bertz CT molecular complexity index is 656. The van der Waals surface area contributed by atoms with Gasteiger partial charge in [-0.05, 0) is 59.9 Å². The number of phenols is 1. The second-order valence-corrected chi connectivity index (χ2v) is 12.5. The second-order valence-electron chi connectivity index (χ2n) is 7.76. The second kappa shape index (κ2) is 6.05. The van der Waals surface area contributed by atoms with Crippen molar-refractivity contribution in [1.29, 1.82) is 0 Å². The molecular weight excluding hydrogens is 288 g/mol. The van der Waals surface area contributed by atoms with Crippen LogP contribution in [0.1, 0.15) is 33.3 Å². The van der Waals surface area contributed by atoms with Gasteiger partial charge in [0.1, 0.15) is 5.75 Å². The predicted molar refractivity (Wildman–Crippen MR) is 97.1 cm³/mol. The van der Waals surface area contributed by atoms with E-state index in [1.54, 1.807) is 12.1 Å². The zero-order chi connectivity index (χ0) is 16.5. The summed E-state index contributed by atoms with van der Waals surface area (Å²) in [4.78, 5) is 0. The Morgan fingerprint density at radius 3 is 2.27 bits per heavy atom. The van der Waals surface area contributed by atoms with Crippen LogP contribution in [0.3, 0.4) is 0 Å². The summed E-state index contributed by atoms with van der Waals surface area (Å²) in [7, 11) is -1.72. The molecule has 0 aromatic heterocycles. The highest BCUT2D eigenvalue weighted by Gasteiger charge is 2.38. The molecule has 0 fully saturated rings. The molecule has 2 aromatic rings. The quantitative estimate of drug-likeness (QED) is 0.755. The first-order valence-electron chi connectivity index (χ1n) is 7.98. The minimum absolute atomic E-state index is 0.218. The van der Waals surface area contributed by atoms with E-state index >= 15 is 0 Å². The molecule has 1 unspecified atom stereocenters. The van der Waals surface area contributed by atoms with Crippen molar-refractivity contribution in [1.82, 2.24) is 0 Å². The first kappa shape index (κ1) is 17.0. The maximum Gasteiger partial charge on any atom is 0.192 e. The number of hydrogen-bond acceptors (Lipinski definition) is 2. The summed E-state index contributed by atoms with van der Waals surface area (Å²) >= 11 is 0. The number of fused-ring (bicyclic) bond motifs is 1. The zero-order valence-corrected chi connectivity index (χ0v) is 15.6. The van der Waals surface area contributed by atoms with Gasteiger partial charge in [0.2, 0.25) is 0 Å². The van der Waals surface area contributed by atoms with Crippen LogP contribution in [0.2, 0.25) is 18.1 Å². The van der Waals surface area contributed by atoms with Gasteiger partial charge < -0.3 is 9.53 Å². The Kier molecular flexibility index (Phi) is 4.69. The molecule has 0 amide bonds. The minimum atomic E-state index is -1.72. The van der Waals surface area contributed by atoms with Crippen molar-refractivity contribution in [2.45, 2.75) is 58.4 Å². The van der Waals surface area contributed by atoms with E-state index in [0.29, 0.717) is 5.75 Å². The van der Waals surface area contributed by atoms with Gasteiger partial charge in [-0.2, -0.15) is 0 Å². The molecule has 22 heavy (non-hydrogen) atoms. The van der Waals surface area contributed by atoms with Crippen LogP contribution in [-0.4, -0.2) is 19.5 Å². The summed E-state index contributed by atoms with van der Waals surface area (Å²) in [6.45, 7) is 13.6. The molecule has 0 heterocycles. The Hall–Kier alpha value is -1.32. The van der Waals surface area contributed by atoms with Crippen molar-refractivity contribution >= 4 is 19.1 Å². The van der Waals surface area contributed by atoms with E-state index < -0.39 is 8.32 Å². The van der Waals surface area contributed by atoms with E-state index in [9.17, 15) is 5.11 Å². The maximum absolute atomic E-state index is 9.53. The topological polar surface area (TPSA) is 29.5 Å². The van der Waals surface area contributed by atoms with Crippen LogP contribution in [0, 0.1) is 0 Å². The molecule has 0 aliphatic rings. The molecule has 2 aromatic carbocycles. The van der Waals surface area contributed by atoms with E-state index in [1.165, 1.54) is 5.56 Å². The summed E-state index contributed by atoms with van der Waals surface area (Å²) in [5, 5.41) is 12.0. The lowest BCUT2D eigenvalue weighted by Crippen LogP contribution is -2.43. The number of aromatic hydroxyl groups is 1. The first-order chi connectivity index (χ1) is 10.1. The van der Waals surface area contributed by atoms with Crippen LogP contribution in [0.25, 0.3) is 10.8 Å². The molecule has 0 aliphatic carbocycles. The van der Waals surface area contributed by atoms with Crippen LogP contribution < -0.4 is 0 Å². The number of hydrogen-bond donors (Lipinski definition) is 1. The molecule has 1 atom stereocenters. The highest BCUT2D eigenvalue weighted by molar-refractivity contribution is 6.74. The van der Waals surface area contributed by atoms with E-state index in [4.69, 9.17) is 4.43 Å². The van der Waals surface area contributed by atoms with Gasteiger partial charge in [0.15, 0.2) is 8.32 Å². The average molecular weight is 317 g/mol. The summed E-state index contributed by atoms with van der Waals surface area (Å²) in [5.74, 6) is 0.315. The Labute approximate surface area is 135 Å². The molecule has 2 nitrogen and oxygen atoms in total. The van der Waals surface area contributed by atoms with Gasteiger partial charge in [-0.25, -0.2) is 0 Å². The van der Waals surface area contributed by atoms with Crippen LogP contribution in [0.5, 0.6) is 5.75 Å². The largest absolute Gasteiger partial charge is 0.508 e. The number of benzene rings is 2. The van der Waals surface area contributed by atoms with Crippen molar-refractivity contribution < 1.29 is 9.53 Å². The third-order valence-electron chi connectivity index (χ3n) is 4.71. The Balaban J connectivity index is 2.12. The van der Waals surface area contributed by atoms with Crippen LogP contribution in [0.4, 0.5) is 0 Å². The van der Waals surface area contributed by atoms with Crippen LogP contribution >= 0.6 is 0 Å². The van der Waals surface area contributed by atoms with Crippen molar-refractivity contribution in [2.24, 2.45) is 0 Å². The van der Waals surface area contributed by atoms with Crippen molar-refractivity contribution in [2.75, 3.05) is 0 Å². The van der Waals surface area contributed by atoms with E-state index in [0.717, 1.165) is 17.2 Å². The molecule has 0 saturated heterocycles. The summed E-state index contributed by atoms with van der Waals surface area (Å²) in [6.07, 6.45) is 1.14. The third-order valence-corrected chi connectivity index (χ3v) is 9.32. The van der Waals surface area contributed by atoms with Crippen molar-refractivity contribution in [3.63, 3.8) is 0 Å². The SMILES string of the molecule is CC(Cc1ccc2cc(O)ccc2c1)O[Si](C)(C)C(C)(C)C. The zero-order valence-electron chi connectivity index (χ0n) is 14.6. The molecule has 2 rings (SSSR count). The molecule has 0 bridgehead atoms. The summed E-state index contributed by atoms with van der Waals surface area (Å²) < 4.78 is 6.44. The van der Waals surface area contributed by atoms with Crippen molar-refractivity contribution in [3.05, 3.63) is 42.0 Å². The minimum Gasteiger partial charge on any atom is -0.508 e. The van der Waals surface area contributed by atoms with Gasteiger partial charge in [0.05, 0.1) is 0 Å². The Morgan fingerprint density at radius 2 is 1.64 bits per heavy atom. The standard InChI is InChI=1S/C19H28O2Si/c1-14(21-22(5,6)19(2,3)4)11-15-7-8-17-13-18(20)10-9-16(17)12-15/h7-10,12-14,20H,11H2,1-6H3. The van der Waals surface area contributed by atoms with Crippen molar-refractivity contribution in [3.8, 4) is 5.75 Å². The van der Waals surface area contributed by atoms with Gasteiger partial charge in [-0.3, -0.25) is 0 Å². The smallest absolute Gasteiger partial charge is 0.192 e. The molecule has 0 radical (unpaired) electrons. The molecular formula is C19H28O2Si. The normalized spacial score (nSPS) is 14.3. The van der Waals surface area contributed by atoms with Gasteiger partial charge in [-0.1, -0.05) is 45.0 Å². The molecule has 3 heteroatoms. The van der Waals surface area contributed by atoms with Gasteiger partial charge in [0, 0.05) is 6.10 Å². The molecule has 1 N–H and O–H groups in total. The third kappa shape index (κ3) is 3.90. The van der Waals surface area contributed by atoms with Gasteiger partial charge >= 0.3 is 0 Å². The van der Waals surface area contributed by atoms with E-state index in [1.807, 2.05) is 6.07 Å². The van der Waals surface area contributed by atoms with Crippen LogP contribution in [-0.2, 0) is 10.8 Å². The highest BCUT2D eigenvalue weighted by atomic mass is 28.4. The maximum atomic E-state index is 9.53. The highest BCUT2D eigenvalue weighted by Crippen LogP contribution is 2.37. The van der Waals surface area contributed by atoms with Gasteiger partial charge in [0.25, 0.3) is 0 Å². The fourth-order valence-electron chi connectivity index (χ4n) is 2.46. The average Bonchev–Trinajstić information content (AvgIpc) is 2.36. The number of phenolic OH excluding ortho intramolecular Hbond substituents is 1. The van der Waals surface area contributed by atoms with E-state index in [2.05, 4.69) is 59.0 Å². The first-order valence-corrected chi connectivity index (χ1v) is 10.9. The predicted octanol–water partition coefficient (Wildman–Crippen LogP) is 5.50. The number of rotatable bonds is 4. The fourth-order valence-corrected chi connectivity index (χ4v) is 3.91. The molecule has 0 spiro atoms. The summed E-state index contributed by atoms with van der Waals surface area (Å²) in [6, 6.07) is 11.9. The monoisotopic (exact) mass is 316 g/mol. The van der Waals surface area contributed by atoms with Crippen LogP contribution in [0.15, 0.2) is 36.4 Å². The van der Waals surface area contributed by atoms with E-state index in [-0.39, 0.29) is 11.1 Å².